The third kappa shape index (κ3) is 5.86. The minimum absolute atomic E-state index is 0.163. The lowest BCUT2D eigenvalue weighted by Gasteiger charge is -2.22. The summed E-state index contributed by atoms with van der Waals surface area (Å²) in [5.41, 5.74) is 5.98. The van der Waals surface area contributed by atoms with E-state index in [-0.39, 0.29) is 12.6 Å². The predicted molar refractivity (Wildman–Crippen MR) is 169 cm³/mol. The van der Waals surface area contributed by atoms with Crippen molar-refractivity contribution in [2.75, 3.05) is 31.1 Å². The monoisotopic (exact) mass is 567 g/mol. The van der Waals surface area contributed by atoms with E-state index in [1.165, 1.54) is 0 Å². The third-order valence-corrected chi connectivity index (χ3v) is 7.90. The van der Waals surface area contributed by atoms with Gasteiger partial charge in [0.15, 0.2) is 0 Å². The first-order valence-corrected chi connectivity index (χ1v) is 14.7. The van der Waals surface area contributed by atoms with E-state index < -0.39 is 0 Å². The lowest BCUT2D eigenvalue weighted by Crippen LogP contribution is -2.29. The van der Waals surface area contributed by atoms with Crippen LogP contribution < -0.4 is 14.8 Å². The summed E-state index contributed by atoms with van der Waals surface area (Å²) in [4.78, 5) is 15.8. The van der Waals surface area contributed by atoms with Crippen LogP contribution in [0.15, 0.2) is 89.3 Å². The van der Waals surface area contributed by atoms with Crippen LogP contribution in [-0.2, 0) is 11.3 Å². The second-order valence-electron chi connectivity index (χ2n) is 9.93. The van der Waals surface area contributed by atoms with Crippen molar-refractivity contribution in [1.29, 1.82) is 0 Å². The first-order valence-electron chi connectivity index (χ1n) is 14.3. The normalized spacial score (nSPS) is 11.1. The van der Waals surface area contributed by atoms with Gasteiger partial charge in [-0.2, -0.15) is 0 Å². The summed E-state index contributed by atoms with van der Waals surface area (Å²) < 4.78 is 14.7. The summed E-state index contributed by atoms with van der Waals surface area (Å²) in [6.45, 7) is 12.4. The molecule has 0 saturated carbocycles. The molecule has 0 atom stereocenters. The standard InChI is InChI=1S/C35H36ClN2O3/c1-5-37(6-2)26-17-19-30-32(21-26)41-33-22-27(38(7-3)8-4)18-20-31(33)34(30)28-11-9-10-12-29(28)35(39)40-23-24-13-15-25(36)16-14-24/h9-22H,5-8,23H2,1-4H3/q+1. The summed E-state index contributed by atoms with van der Waals surface area (Å²) in [6, 6.07) is 27.7. The molecule has 0 spiro atoms. The van der Waals surface area contributed by atoms with E-state index in [0.717, 1.165) is 76.2 Å². The SMILES string of the molecule is CCN(CC)c1ccc2c(-c3ccccc3C(=O)OCc3ccc(Cl)cc3)c3ccc(=[N+](CC)CC)cc-3oc2c1. The second kappa shape index (κ2) is 12.6. The van der Waals surface area contributed by atoms with Crippen molar-refractivity contribution in [2.45, 2.75) is 34.3 Å². The molecule has 1 heterocycles. The molecule has 210 valence electrons. The van der Waals surface area contributed by atoms with Gasteiger partial charge in [0.1, 0.15) is 31.0 Å². The molecule has 5 nitrogen and oxygen atoms in total. The van der Waals surface area contributed by atoms with Gasteiger partial charge in [-0.25, -0.2) is 9.37 Å². The molecular formula is C35H36ClN2O3+. The van der Waals surface area contributed by atoms with Crippen molar-refractivity contribution in [3.8, 4) is 22.5 Å². The highest BCUT2D eigenvalue weighted by Crippen LogP contribution is 2.42. The van der Waals surface area contributed by atoms with Crippen molar-refractivity contribution >= 4 is 34.2 Å². The topological polar surface area (TPSA) is 45.7 Å². The molecular weight excluding hydrogens is 532 g/mol. The first-order chi connectivity index (χ1) is 20.0. The third-order valence-electron chi connectivity index (χ3n) is 7.65. The van der Waals surface area contributed by atoms with Crippen LogP contribution in [0.2, 0.25) is 5.02 Å². The van der Waals surface area contributed by atoms with Crippen LogP contribution in [0.5, 0.6) is 0 Å². The Morgan fingerprint density at radius 2 is 1.59 bits per heavy atom. The number of halogens is 1. The molecule has 0 saturated heterocycles. The molecule has 0 N–H and O–H groups in total. The van der Waals surface area contributed by atoms with Crippen LogP contribution in [0.25, 0.3) is 33.4 Å². The Labute approximate surface area is 246 Å². The summed E-state index contributed by atoms with van der Waals surface area (Å²) in [6.07, 6.45) is 0. The average Bonchev–Trinajstić information content (AvgIpc) is 3.00. The fourth-order valence-electron chi connectivity index (χ4n) is 5.42. The Morgan fingerprint density at radius 3 is 2.29 bits per heavy atom. The van der Waals surface area contributed by atoms with Gasteiger partial charge in [0, 0.05) is 52.4 Å². The van der Waals surface area contributed by atoms with Crippen molar-refractivity contribution < 1.29 is 13.9 Å². The Bertz CT molecular complexity index is 1710. The largest absolute Gasteiger partial charge is 0.457 e. The minimum atomic E-state index is -0.378. The van der Waals surface area contributed by atoms with Gasteiger partial charge in [0.05, 0.1) is 11.6 Å². The molecule has 0 fully saturated rings. The number of hydrogen-bond acceptors (Lipinski definition) is 4. The van der Waals surface area contributed by atoms with E-state index in [1.54, 1.807) is 12.1 Å². The van der Waals surface area contributed by atoms with Crippen LogP contribution in [-0.4, -0.2) is 32.1 Å². The van der Waals surface area contributed by atoms with Crippen LogP contribution >= 0.6 is 11.6 Å². The number of fused-ring (bicyclic) bond motifs is 2. The summed E-state index contributed by atoms with van der Waals surface area (Å²) in [5.74, 6) is 0.398. The molecule has 1 aliphatic carbocycles. The molecule has 6 heteroatoms. The predicted octanol–water partition coefficient (Wildman–Crippen LogP) is 7.87. The smallest absolute Gasteiger partial charge is 0.339 e. The molecule has 3 aromatic rings. The number of rotatable bonds is 9. The summed E-state index contributed by atoms with van der Waals surface area (Å²) in [7, 11) is 0. The molecule has 0 radical (unpaired) electrons. The maximum Gasteiger partial charge on any atom is 0.339 e. The highest BCUT2D eigenvalue weighted by molar-refractivity contribution is 6.30. The quantitative estimate of drug-likeness (QED) is 0.103. The Kier molecular flexibility index (Phi) is 8.75. The fraction of sp³-hybridized carbons (Fsp3) is 0.257. The maximum atomic E-state index is 13.5. The molecule has 0 aromatic heterocycles. The molecule has 3 aromatic carbocycles. The van der Waals surface area contributed by atoms with Crippen LogP contribution in [0.3, 0.4) is 0 Å². The lowest BCUT2D eigenvalue weighted by molar-refractivity contribution is 0.0473. The van der Waals surface area contributed by atoms with E-state index in [0.29, 0.717) is 10.6 Å². The van der Waals surface area contributed by atoms with Gasteiger partial charge in [-0.05, 0) is 75.2 Å². The molecule has 5 rings (SSSR count). The Balaban J connectivity index is 1.70. The van der Waals surface area contributed by atoms with Gasteiger partial charge in [0.2, 0.25) is 5.36 Å². The van der Waals surface area contributed by atoms with Gasteiger partial charge in [-0.1, -0.05) is 41.9 Å². The van der Waals surface area contributed by atoms with Crippen LogP contribution in [0.4, 0.5) is 5.69 Å². The van der Waals surface area contributed by atoms with Gasteiger partial charge in [0.25, 0.3) is 0 Å². The van der Waals surface area contributed by atoms with E-state index in [9.17, 15) is 4.79 Å². The fourth-order valence-corrected chi connectivity index (χ4v) is 5.54. The first kappa shape index (κ1) is 28.4. The molecule has 0 unspecified atom stereocenters. The van der Waals surface area contributed by atoms with Crippen LogP contribution in [0.1, 0.15) is 43.6 Å². The number of carbonyl (C=O) groups is 1. The maximum absolute atomic E-state index is 13.5. The number of anilines is 1. The highest BCUT2D eigenvalue weighted by atomic mass is 35.5. The molecule has 41 heavy (non-hydrogen) atoms. The van der Waals surface area contributed by atoms with E-state index in [4.69, 9.17) is 20.8 Å². The van der Waals surface area contributed by atoms with E-state index >= 15 is 0 Å². The average molecular weight is 568 g/mol. The zero-order valence-corrected chi connectivity index (χ0v) is 24.9. The van der Waals surface area contributed by atoms with E-state index in [1.807, 2.05) is 36.4 Å². The number of benzene rings is 4. The second-order valence-corrected chi connectivity index (χ2v) is 10.4. The molecule has 0 bridgehead atoms. The van der Waals surface area contributed by atoms with Gasteiger partial charge in [-0.15, -0.1) is 0 Å². The van der Waals surface area contributed by atoms with Gasteiger partial charge in [-0.3, -0.25) is 0 Å². The number of nitrogens with zero attached hydrogens (tertiary/aromatic N) is 2. The summed E-state index contributed by atoms with van der Waals surface area (Å²) >= 11 is 6.02. The molecule has 2 aliphatic rings. The zero-order valence-electron chi connectivity index (χ0n) is 24.1. The van der Waals surface area contributed by atoms with Crippen molar-refractivity contribution in [1.82, 2.24) is 4.58 Å². The minimum Gasteiger partial charge on any atom is -0.457 e. The number of hydrogen-bond donors (Lipinski definition) is 0. The molecule has 1 aliphatic heterocycles. The van der Waals surface area contributed by atoms with Crippen LogP contribution in [0, 0.1) is 0 Å². The summed E-state index contributed by atoms with van der Waals surface area (Å²) in [5, 5.41) is 2.70. The van der Waals surface area contributed by atoms with Crippen molar-refractivity contribution in [3.63, 3.8) is 0 Å². The van der Waals surface area contributed by atoms with Crippen molar-refractivity contribution in [2.24, 2.45) is 0 Å². The Morgan fingerprint density at radius 1 is 0.854 bits per heavy atom. The zero-order chi connectivity index (χ0) is 28.9. The highest BCUT2D eigenvalue weighted by Gasteiger charge is 2.23. The van der Waals surface area contributed by atoms with Gasteiger partial charge < -0.3 is 14.1 Å². The molecule has 0 amide bonds. The number of esters is 1. The van der Waals surface area contributed by atoms with Gasteiger partial charge >= 0.3 is 5.97 Å². The number of carbonyl (C=O) groups excluding carboxylic acids is 1. The number of ether oxygens (including phenoxy) is 1. The Hall–Kier alpha value is -4.09. The lowest BCUT2D eigenvalue weighted by atomic mass is 9.90. The van der Waals surface area contributed by atoms with E-state index in [2.05, 4.69) is 73.6 Å². The van der Waals surface area contributed by atoms with Crippen molar-refractivity contribution in [3.05, 3.63) is 106 Å².